The Morgan fingerprint density at radius 3 is 2.96 bits per heavy atom. The van der Waals surface area contributed by atoms with Gasteiger partial charge in [0.05, 0.1) is 37.1 Å². The van der Waals surface area contributed by atoms with Crippen molar-refractivity contribution in [2.45, 2.75) is 19.6 Å². The molecule has 0 saturated heterocycles. The maximum absolute atomic E-state index is 12.6. The third-order valence-electron chi connectivity index (χ3n) is 4.64. The molecule has 7 nitrogen and oxygen atoms in total. The summed E-state index contributed by atoms with van der Waals surface area (Å²) in [5.41, 5.74) is 3.63. The largest absolute Gasteiger partial charge is 0.497 e. The predicted molar refractivity (Wildman–Crippen MR) is 102 cm³/mol. The average Bonchev–Trinajstić information content (AvgIpc) is 3.20. The number of ether oxygens (including phenoxy) is 1. The monoisotopic (exact) mass is 375 g/mol. The fraction of sp³-hybridized carbons (Fsp3) is 0.333. The normalized spacial score (nSPS) is 13.2. The van der Waals surface area contributed by atoms with Gasteiger partial charge in [0.15, 0.2) is 0 Å². The molecule has 1 aliphatic rings. The number of hydrogen-bond acceptors (Lipinski definition) is 4. The van der Waals surface area contributed by atoms with E-state index in [9.17, 15) is 4.79 Å². The number of nitrogens with one attached hydrogen (secondary N) is 2. The van der Waals surface area contributed by atoms with Gasteiger partial charge in [-0.1, -0.05) is 0 Å². The Bertz CT molecular complexity index is 923. The number of rotatable bonds is 4. The Morgan fingerprint density at radius 2 is 2.19 bits per heavy atom. The maximum Gasteiger partial charge on any atom is 0.268 e. The summed E-state index contributed by atoms with van der Waals surface area (Å²) in [6.07, 6.45) is 0. The summed E-state index contributed by atoms with van der Waals surface area (Å²) in [5, 5.41) is 11.8. The molecule has 3 heterocycles. The topological polar surface area (TPSA) is 73.1 Å². The molecule has 0 aliphatic carbocycles. The Morgan fingerprint density at radius 1 is 1.35 bits per heavy atom. The number of amides is 1. The summed E-state index contributed by atoms with van der Waals surface area (Å²) in [5.74, 6) is 0.666. The van der Waals surface area contributed by atoms with Gasteiger partial charge in [0.2, 0.25) is 0 Å². The number of halogens is 1. The molecule has 1 amide bonds. The molecule has 0 bridgehead atoms. The number of carbonyl (C=O) groups excluding carboxylic acids is 1. The second kappa shape index (κ2) is 7.39. The molecule has 0 radical (unpaired) electrons. The van der Waals surface area contributed by atoms with Gasteiger partial charge in [-0.05, 0) is 24.3 Å². The van der Waals surface area contributed by atoms with Gasteiger partial charge >= 0.3 is 0 Å². The second-order valence-electron chi connectivity index (χ2n) is 6.22. The predicted octanol–water partition coefficient (Wildman–Crippen LogP) is 1.84. The molecule has 26 heavy (non-hydrogen) atoms. The van der Waals surface area contributed by atoms with E-state index < -0.39 is 0 Å². The average molecular weight is 376 g/mol. The number of hydrogen-bond donors (Lipinski definition) is 2. The smallest absolute Gasteiger partial charge is 0.268 e. The number of methoxy groups -OCH3 is 1. The highest BCUT2D eigenvalue weighted by atomic mass is 35.5. The van der Waals surface area contributed by atoms with E-state index in [0.717, 1.165) is 47.7 Å². The number of benzene rings is 1. The van der Waals surface area contributed by atoms with Crippen LogP contribution in [0.5, 0.6) is 5.75 Å². The molecule has 8 heteroatoms. The van der Waals surface area contributed by atoms with E-state index in [1.807, 2.05) is 46.6 Å². The molecule has 3 aromatic rings. The van der Waals surface area contributed by atoms with E-state index >= 15 is 0 Å². The van der Waals surface area contributed by atoms with E-state index in [1.165, 1.54) is 0 Å². The van der Waals surface area contributed by atoms with E-state index in [4.69, 9.17) is 4.74 Å². The van der Waals surface area contributed by atoms with Crippen molar-refractivity contribution in [2.75, 3.05) is 13.7 Å². The highest BCUT2D eigenvalue weighted by Gasteiger charge is 2.16. The SMILES string of the molecule is COc1ccc2cc(C(=O)NCc3cc4n(n3)CCNC4)n(C)c2c1.Cl. The van der Waals surface area contributed by atoms with Crippen LogP contribution in [-0.4, -0.2) is 33.9 Å². The van der Waals surface area contributed by atoms with Gasteiger partial charge in [-0.2, -0.15) is 5.10 Å². The number of nitrogens with zero attached hydrogens (tertiary/aromatic N) is 3. The minimum Gasteiger partial charge on any atom is -0.497 e. The second-order valence-corrected chi connectivity index (χ2v) is 6.22. The minimum absolute atomic E-state index is 0. The first-order valence-electron chi connectivity index (χ1n) is 8.33. The van der Waals surface area contributed by atoms with Gasteiger partial charge in [0.25, 0.3) is 5.91 Å². The Kier molecular flexibility index (Phi) is 5.20. The van der Waals surface area contributed by atoms with E-state index in [-0.39, 0.29) is 18.3 Å². The van der Waals surface area contributed by atoms with Gasteiger partial charge < -0.3 is 19.9 Å². The van der Waals surface area contributed by atoms with Crippen molar-refractivity contribution in [2.24, 2.45) is 7.05 Å². The molecule has 1 aliphatic heterocycles. The zero-order chi connectivity index (χ0) is 17.4. The molecule has 0 atom stereocenters. The lowest BCUT2D eigenvalue weighted by atomic mass is 10.2. The summed E-state index contributed by atoms with van der Waals surface area (Å²) in [6.45, 7) is 3.05. The van der Waals surface area contributed by atoms with Crippen molar-refractivity contribution < 1.29 is 9.53 Å². The van der Waals surface area contributed by atoms with Crippen LogP contribution in [0.1, 0.15) is 21.9 Å². The molecule has 4 rings (SSSR count). The number of fused-ring (bicyclic) bond motifs is 2. The first-order chi connectivity index (χ1) is 12.2. The zero-order valence-electron chi connectivity index (χ0n) is 14.8. The molecule has 1 aromatic carbocycles. The summed E-state index contributed by atoms with van der Waals surface area (Å²) >= 11 is 0. The molecule has 0 spiro atoms. The molecule has 138 valence electrons. The molecular weight excluding hydrogens is 354 g/mol. The van der Waals surface area contributed by atoms with E-state index in [1.54, 1.807) is 7.11 Å². The van der Waals surface area contributed by atoms with Crippen molar-refractivity contribution in [3.8, 4) is 5.75 Å². The summed E-state index contributed by atoms with van der Waals surface area (Å²) in [6, 6.07) is 9.72. The van der Waals surface area contributed by atoms with Gasteiger partial charge in [-0.15, -0.1) is 12.4 Å². The van der Waals surface area contributed by atoms with Crippen molar-refractivity contribution in [1.82, 2.24) is 25.0 Å². The van der Waals surface area contributed by atoms with Crippen molar-refractivity contribution in [1.29, 1.82) is 0 Å². The van der Waals surface area contributed by atoms with Gasteiger partial charge in [0, 0.05) is 31.6 Å². The van der Waals surface area contributed by atoms with Crippen LogP contribution in [0.25, 0.3) is 10.9 Å². The van der Waals surface area contributed by atoms with Gasteiger partial charge in [-0.25, -0.2) is 0 Å². The third-order valence-corrected chi connectivity index (χ3v) is 4.64. The van der Waals surface area contributed by atoms with Crippen LogP contribution < -0.4 is 15.4 Å². The minimum atomic E-state index is -0.109. The van der Waals surface area contributed by atoms with Gasteiger partial charge in [-0.3, -0.25) is 9.48 Å². The lowest BCUT2D eigenvalue weighted by Crippen LogP contribution is -2.28. The molecule has 0 unspecified atom stereocenters. The Labute approximate surface area is 157 Å². The van der Waals surface area contributed by atoms with Crippen molar-refractivity contribution in [3.05, 3.63) is 47.4 Å². The summed E-state index contributed by atoms with van der Waals surface area (Å²) in [4.78, 5) is 12.6. The van der Waals surface area contributed by atoms with Crippen LogP contribution in [0, 0.1) is 0 Å². The number of aromatic nitrogens is 3. The zero-order valence-corrected chi connectivity index (χ0v) is 15.6. The van der Waals surface area contributed by atoms with Crippen LogP contribution in [0.3, 0.4) is 0 Å². The van der Waals surface area contributed by atoms with Crippen molar-refractivity contribution in [3.63, 3.8) is 0 Å². The third kappa shape index (κ3) is 3.27. The fourth-order valence-corrected chi connectivity index (χ4v) is 3.25. The lowest BCUT2D eigenvalue weighted by molar-refractivity contribution is 0.0942. The highest BCUT2D eigenvalue weighted by molar-refractivity contribution is 5.98. The fourth-order valence-electron chi connectivity index (χ4n) is 3.25. The maximum atomic E-state index is 12.6. The molecule has 0 fully saturated rings. The van der Waals surface area contributed by atoms with E-state index in [0.29, 0.717) is 12.2 Å². The summed E-state index contributed by atoms with van der Waals surface area (Å²) < 4.78 is 9.15. The quantitative estimate of drug-likeness (QED) is 0.729. The van der Waals surface area contributed by atoms with Crippen LogP contribution in [0.2, 0.25) is 0 Å². The van der Waals surface area contributed by atoms with Crippen LogP contribution >= 0.6 is 12.4 Å². The van der Waals surface area contributed by atoms with Crippen LogP contribution in [0.15, 0.2) is 30.3 Å². The number of aryl methyl sites for hydroxylation is 1. The standard InChI is InChI=1S/C18H21N5O2.ClH/c1-22-16-9-15(25-2)4-3-12(16)7-17(22)18(24)20-10-13-8-14-11-19-5-6-23(14)21-13;/h3-4,7-9,19H,5-6,10-11H2,1-2H3,(H,20,24);1H. The van der Waals surface area contributed by atoms with Crippen LogP contribution in [0.4, 0.5) is 0 Å². The highest BCUT2D eigenvalue weighted by Crippen LogP contribution is 2.23. The molecule has 2 N–H and O–H groups in total. The first-order valence-corrected chi connectivity index (χ1v) is 8.33. The van der Waals surface area contributed by atoms with Crippen LogP contribution in [-0.2, 0) is 26.7 Å². The Hall–Kier alpha value is -2.51. The molecule has 0 saturated carbocycles. The lowest BCUT2D eigenvalue weighted by Gasteiger charge is -2.13. The Balaban J connectivity index is 0.00000196. The van der Waals surface area contributed by atoms with E-state index in [2.05, 4.69) is 15.7 Å². The molecule has 2 aromatic heterocycles. The van der Waals surface area contributed by atoms with Crippen molar-refractivity contribution >= 4 is 29.2 Å². The number of carbonyl (C=O) groups is 1. The van der Waals surface area contributed by atoms with Gasteiger partial charge in [0.1, 0.15) is 11.4 Å². The summed E-state index contributed by atoms with van der Waals surface area (Å²) in [7, 11) is 3.52. The molecular formula is C18H22ClN5O2. The first kappa shape index (κ1) is 18.3.